The molecule has 0 spiro atoms. The zero-order chi connectivity index (χ0) is 22.6. The van der Waals surface area contributed by atoms with Gasteiger partial charge in [-0.3, -0.25) is 14.6 Å². The number of carbonyl (C=O) groups is 2. The molecule has 2 saturated heterocycles. The SMILES string of the molecule is CC1=C[C@@H]2C3C(=O)N(N4CCCCSC4=Nc4ccc(C)cc4)C(=O)C3[C@H]1C[C@@H]2C(C)C. The molecule has 32 heavy (non-hydrogen) atoms. The van der Waals surface area contributed by atoms with E-state index in [1.54, 1.807) is 11.8 Å². The molecule has 3 fully saturated rings. The summed E-state index contributed by atoms with van der Waals surface area (Å²) in [5.74, 6) is 1.85. The first kappa shape index (κ1) is 21.7. The van der Waals surface area contributed by atoms with E-state index in [0.29, 0.717) is 18.4 Å². The standard InChI is InChI=1S/C26H33N3O2S/c1-15(2)19-14-20-17(4)13-21(19)23-22(20)24(30)29(25(23)31)28-11-5-6-12-32-26(28)27-18-9-7-16(3)8-10-18/h7-10,13,15,19-23H,5-6,11-12,14H2,1-4H3/t19-,20+,21+,22?,23?/m1/s1. The van der Waals surface area contributed by atoms with E-state index in [-0.39, 0.29) is 35.5 Å². The number of hydrogen-bond donors (Lipinski definition) is 0. The Morgan fingerprint density at radius 1 is 1.03 bits per heavy atom. The predicted molar refractivity (Wildman–Crippen MR) is 129 cm³/mol. The quantitative estimate of drug-likeness (QED) is 0.468. The maximum atomic E-state index is 13.8. The van der Waals surface area contributed by atoms with Gasteiger partial charge in [0.15, 0.2) is 5.17 Å². The highest BCUT2D eigenvalue weighted by Crippen LogP contribution is 2.56. The number of amidine groups is 1. The maximum absolute atomic E-state index is 13.8. The normalized spacial score (nSPS) is 33.7. The van der Waals surface area contributed by atoms with Crippen molar-refractivity contribution in [3.63, 3.8) is 0 Å². The van der Waals surface area contributed by atoms with Gasteiger partial charge in [-0.1, -0.05) is 55.0 Å². The number of aryl methyl sites for hydroxylation is 1. The first-order chi connectivity index (χ1) is 15.4. The number of benzene rings is 1. The molecular formula is C26H33N3O2S. The summed E-state index contributed by atoms with van der Waals surface area (Å²) in [5.41, 5.74) is 3.35. The highest BCUT2D eigenvalue weighted by atomic mass is 32.2. The molecule has 5 nitrogen and oxygen atoms in total. The lowest BCUT2D eigenvalue weighted by Crippen LogP contribution is -2.49. The van der Waals surface area contributed by atoms with Crippen LogP contribution in [0.25, 0.3) is 0 Å². The Balaban J connectivity index is 1.50. The molecule has 1 aromatic carbocycles. The summed E-state index contributed by atoms with van der Waals surface area (Å²) in [7, 11) is 0. The summed E-state index contributed by atoms with van der Waals surface area (Å²) in [4.78, 5) is 32.5. The van der Waals surface area contributed by atoms with Gasteiger partial charge in [0, 0.05) is 12.3 Å². The van der Waals surface area contributed by atoms with Gasteiger partial charge in [-0.15, -0.1) is 0 Å². The topological polar surface area (TPSA) is 53.0 Å². The average molecular weight is 452 g/mol. The van der Waals surface area contributed by atoms with Gasteiger partial charge in [-0.2, -0.15) is 5.01 Å². The zero-order valence-electron chi connectivity index (χ0n) is 19.5. The van der Waals surface area contributed by atoms with Crippen molar-refractivity contribution in [2.75, 3.05) is 12.3 Å². The smallest absolute Gasteiger partial charge is 0.252 e. The summed E-state index contributed by atoms with van der Waals surface area (Å²) < 4.78 is 0. The Morgan fingerprint density at radius 3 is 2.47 bits per heavy atom. The Bertz CT molecular complexity index is 983. The van der Waals surface area contributed by atoms with Crippen LogP contribution in [0.2, 0.25) is 0 Å². The van der Waals surface area contributed by atoms with Crippen LogP contribution in [0.4, 0.5) is 5.69 Å². The molecular weight excluding hydrogens is 418 g/mol. The Morgan fingerprint density at radius 2 is 1.75 bits per heavy atom. The van der Waals surface area contributed by atoms with Gasteiger partial charge in [0.1, 0.15) is 0 Å². The molecule has 0 N–H and O–H groups in total. The fourth-order valence-electron chi connectivity index (χ4n) is 6.17. The van der Waals surface area contributed by atoms with Crippen LogP contribution in [0.1, 0.15) is 45.6 Å². The fraction of sp³-hybridized carbons (Fsp3) is 0.577. The van der Waals surface area contributed by atoms with E-state index in [1.165, 1.54) is 16.1 Å². The molecule has 1 aromatic rings. The molecule has 5 aliphatic rings. The van der Waals surface area contributed by atoms with Crippen molar-refractivity contribution in [1.82, 2.24) is 10.0 Å². The molecule has 0 radical (unpaired) electrons. The number of nitrogens with zero attached hydrogens (tertiary/aromatic N) is 3. The lowest BCUT2D eigenvalue weighted by molar-refractivity contribution is -0.152. The van der Waals surface area contributed by atoms with Crippen molar-refractivity contribution in [3.8, 4) is 0 Å². The van der Waals surface area contributed by atoms with Crippen LogP contribution < -0.4 is 0 Å². The highest BCUT2D eigenvalue weighted by Gasteiger charge is 2.62. The number of carbonyl (C=O) groups excluding carboxylic acids is 2. The molecule has 2 bridgehead atoms. The van der Waals surface area contributed by atoms with Gasteiger partial charge < -0.3 is 0 Å². The Labute approximate surface area is 195 Å². The molecule has 5 atom stereocenters. The summed E-state index contributed by atoms with van der Waals surface area (Å²) in [5, 5.41) is 4.17. The Hall–Kier alpha value is -2.08. The van der Waals surface area contributed by atoms with Crippen molar-refractivity contribution in [2.45, 2.75) is 47.0 Å². The molecule has 2 unspecified atom stereocenters. The molecule has 2 aliphatic heterocycles. The number of rotatable bonds is 3. The predicted octanol–water partition coefficient (Wildman–Crippen LogP) is 5.20. The third-order valence-corrected chi connectivity index (χ3v) is 8.91. The van der Waals surface area contributed by atoms with E-state index < -0.39 is 0 Å². The van der Waals surface area contributed by atoms with Crippen LogP contribution >= 0.6 is 11.8 Å². The van der Waals surface area contributed by atoms with Crippen molar-refractivity contribution in [2.24, 2.45) is 40.5 Å². The molecule has 1 saturated carbocycles. The Kier molecular flexibility index (Phi) is 5.68. The molecule has 2 amide bonds. The van der Waals surface area contributed by atoms with E-state index in [1.807, 2.05) is 29.3 Å². The maximum Gasteiger partial charge on any atom is 0.252 e. The van der Waals surface area contributed by atoms with Gasteiger partial charge in [0.05, 0.1) is 17.5 Å². The number of aliphatic imine (C=N–C) groups is 1. The second-order valence-electron chi connectivity index (χ2n) is 10.2. The van der Waals surface area contributed by atoms with Gasteiger partial charge in [-0.05, 0) is 68.9 Å². The van der Waals surface area contributed by atoms with Crippen LogP contribution in [-0.4, -0.2) is 39.3 Å². The fourth-order valence-corrected chi connectivity index (χ4v) is 7.19. The van der Waals surface area contributed by atoms with E-state index in [0.717, 1.165) is 35.9 Å². The number of hydrogen-bond acceptors (Lipinski definition) is 4. The largest absolute Gasteiger partial charge is 0.272 e. The second-order valence-corrected chi connectivity index (χ2v) is 11.2. The highest BCUT2D eigenvalue weighted by molar-refractivity contribution is 8.13. The van der Waals surface area contributed by atoms with Gasteiger partial charge in [0.2, 0.25) is 0 Å². The minimum atomic E-state index is -0.216. The first-order valence-electron chi connectivity index (χ1n) is 12.0. The number of hydrazine groups is 1. The summed E-state index contributed by atoms with van der Waals surface area (Å²) in [6.07, 6.45) is 5.34. The van der Waals surface area contributed by atoms with E-state index in [2.05, 4.69) is 33.8 Å². The first-order valence-corrected chi connectivity index (χ1v) is 13.0. The van der Waals surface area contributed by atoms with Gasteiger partial charge in [-0.25, -0.2) is 4.99 Å². The van der Waals surface area contributed by atoms with E-state index in [9.17, 15) is 9.59 Å². The van der Waals surface area contributed by atoms with Crippen molar-refractivity contribution in [1.29, 1.82) is 0 Å². The number of amides is 2. The van der Waals surface area contributed by atoms with Crippen LogP contribution in [0.5, 0.6) is 0 Å². The summed E-state index contributed by atoms with van der Waals surface area (Å²) in [6, 6.07) is 8.09. The monoisotopic (exact) mass is 451 g/mol. The van der Waals surface area contributed by atoms with Crippen LogP contribution in [0.15, 0.2) is 40.9 Å². The zero-order valence-corrected chi connectivity index (χ0v) is 20.3. The summed E-state index contributed by atoms with van der Waals surface area (Å²) in [6.45, 7) is 9.36. The number of fused-ring (bicyclic) bond motifs is 1. The molecule has 6 rings (SSSR count). The summed E-state index contributed by atoms with van der Waals surface area (Å²) >= 11 is 1.66. The average Bonchev–Trinajstić information content (AvgIpc) is 2.90. The third-order valence-electron chi connectivity index (χ3n) is 7.86. The molecule has 0 aromatic heterocycles. The van der Waals surface area contributed by atoms with Crippen LogP contribution in [0.3, 0.4) is 0 Å². The van der Waals surface area contributed by atoms with Crippen molar-refractivity contribution in [3.05, 3.63) is 41.5 Å². The third kappa shape index (κ3) is 3.51. The van der Waals surface area contributed by atoms with Crippen molar-refractivity contribution >= 4 is 34.4 Å². The second kappa shape index (κ2) is 8.36. The van der Waals surface area contributed by atoms with E-state index in [4.69, 9.17) is 4.99 Å². The lowest BCUT2D eigenvalue weighted by Gasteiger charge is -2.48. The van der Waals surface area contributed by atoms with Crippen molar-refractivity contribution < 1.29 is 9.59 Å². The number of allylic oxidation sites excluding steroid dienone is 2. The lowest BCUT2D eigenvalue weighted by atomic mass is 9.54. The minimum absolute atomic E-state index is 0.0104. The van der Waals surface area contributed by atoms with Crippen LogP contribution in [0, 0.1) is 42.4 Å². The van der Waals surface area contributed by atoms with Crippen LogP contribution in [-0.2, 0) is 9.59 Å². The molecule has 170 valence electrons. The van der Waals surface area contributed by atoms with E-state index >= 15 is 0 Å². The molecule has 3 aliphatic carbocycles. The van der Waals surface area contributed by atoms with Gasteiger partial charge in [0.25, 0.3) is 11.8 Å². The number of imide groups is 1. The molecule has 2 heterocycles. The number of thioether (sulfide) groups is 1. The minimum Gasteiger partial charge on any atom is -0.272 e. The molecule has 6 heteroatoms. The van der Waals surface area contributed by atoms with Gasteiger partial charge >= 0.3 is 0 Å².